The van der Waals surface area contributed by atoms with Crippen molar-refractivity contribution in [3.63, 3.8) is 0 Å². The molecule has 132 valence electrons. The molecule has 1 aliphatic rings. The van der Waals surface area contributed by atoms with E-state index >= 15 is 0 Å². The van der Waals surface area contributed by atoms with Gasteiger partial charge >= 0.3 is 5.97 Å². The van der Waals surface area contributed by atoms with Crippen molar-refractivity contribution in [2.45, 2.75) is 25.3 Å². The Morgan fingerprint density at radius 3 is 2.50 bits per heavy atom. The summed E-state index contributed by atoms with van der Waals surface area (Å²) in [5.41, 5.74) is 1.09. The van der Waals surface area contributed by atoms with Crippen LogP contribution in [0.4, 0.5) is 4.39 Å². The lowest BCUT2D eigenvalue weighted by atomic mass is 9.99. The van der Waals surface area contributed by atoms with Gasteiger partial charge in [-0.25, -0.2) is 4.79 Å². The van der Waals surface area contributed by atoms with E-state index in [-0.39, 0.29) is 5.91 Å². The number of likely N-dealkylation sites (tertiary alicyclic amines) is 1. The number of carbonyl (C=O) groups excluding carboxylic acids is 2. The molecule has 1 atom stereocenters. The molecule has 0 bridgehead atoms. The summed E-state index contributed by atoms with van der Waals surface area (Å²) in [5.74, 6) is 0.204. The Kier molecular flexibility index (Phi) is 6.00. The van der Waals surface area contributed by atoms with E-state index in [9.17, 15) is 14.0 Å². The molecule has 1 aromatic carbocycles. The minimum atomic E-state index is -0.551. The number of methoxy groups -OCH3 is 3. The van der Waals surface area contributed by atoms with Gasteiger partial charge in [0, 0.05) is 12.1 Å². The van der Waals surface area contributed by atoms with Crippen LogP contribution in [-0.4, -0.2) is 57.4 Å². The van der Waals surface area contributed by atoms with Crippen molar-refractivity contribution in [2.75, 3.05) is 34.5 Å². The summed E-state index contributed by atoms with van der Waals surface area (Å²) >= 11 is 0. The van der Waals surface area contributed by atoms with Gasteiger partial charge in [0.1, 0.15) is 6.04 Å². The highest BCUT2D eigenvalue weighted by molar-refractivity contribution is 5.98. The maximum Gasteiger partial charge on any atom is 0.328 e. The number of hydrogen-bond acceptors (Lipinski definition) is 5. The predicted octanol–water partition coefficient (Wildman–Crippen LogP) is 1.99. The van der Waals surface area contributed by atoms with Crippen LogP contribution in [0.5, 0.6) is 11.5 Å². The first-order valence-corrected chi connectivity index (χ1v) is 7.77. The van der Waals surface area contributed by atoms with E-state index in [1.807, 2.05) is 0 Å². The monoisotopic (exact) mass is 339 g/mol. The second-order valence-electron chi connectivity index (χ2n) is 5.49. The molecule has 0 aromatic heterocycles. The first-order chi connectivity index (χ1) is 11.6. The molecule has 0 spiro atoms. The Balaban J connectivity index is 2.32. The Morgan fingerprint density at radius 1 is 1.25 bits per heavy atom. The lowest BCUT2D eigenvalue weighted by Gasteiger charge is -2.38. The number of carbonyl (C=O) groups is 2. The second-order valence-corrected chi connectivity index (χ2v) is 5.49. The molecule has 1 aliphatic heterocycles. The summed E-state index contributed by atoms with van der Waals surface area (Å²) in [5, 5.41) is 0. The molecule has 24 heavy (non-hydrogen) atoms. The van der Waals surface area contributed by atoms with Crippen LogP contribution in [0.2, 0.25) is 0 Å². The number of benzene rings is 1. The van der Waals surface area contributed by atoms with Gasteiger partial charge in [0.25, 0.3) is 5.91 Å². The van der Waals surface area contributed by atoms with E-state index in [1.54, 1.807) is 12.1 Å². The third kappa shape index (κ3) is 3.44. The lowest BCUT2D eigenvalue weighted by molar-refractivity contribution is -0.149. The molecule has 6 nitrogen and oxygen atoms in total. The van der Waals surface area contributed by atoms with Crippen LogP contribution >= 0.6 is 0 Å². The topological polar surface area (TPSA) is 65.1 Å². The normalized spacial score (nSPS) is 16.3. The third-order valence-corrected chi connectivity index (χ3v) is 4.14. The molecule has 0 radical (unpaired) electrons. The number of hydrogen-bond donors (Lipinski definition) is 0. The Hall–Kier alpha value is -2.31. The van der Waals surface area contributed by atoms with E-state index in [4.69, 9.17) is 14.2 Å². The summed E-state index contributed by atoms with van der Waals surface area (Å²) < 4.78 is 27.9. The Morgan fingerprint density at radius 2 is 2.00 bits per heavy atom. The quantitative estimate of drug-likeness (QED) is 0.711. The Labute approximate surface area is 140 Å². The highest BCUT2D eigenvalue weighted by atomic mass is 19.1. The van der Waals surface area contributed by atoms with Crippen molar-refractivity contribution in [3.8, 4) is 11.5 Å². The maximum absolute atomic E-state index is 12.7. The molecule has 1 unspecified atom stereocenters. The number of rotatable bonds is 7. The average molecular weight is 339 g/mol. The van der Waals surface area contributed by atoms with Crippen molar-refractivity contribution in [1.82, 2.24) is 4.90 Å². The molecule has 0 N–H and O–H groups in total. The molecule has 1 heterocycles. The second kappa shape index (κ2) is 7.99. The van der Waals surface area contributed by atoms with Crippen LogP contribution in [0, 0.1) is 0 Å². The summed E-state index contributed by atoms with van der Waals surface area (Å²) in [6.45, 7) is 0.0347. The zero-order valence-corrected chi connectivity index (χ0v) is 14.1. The van der Waals surface area contributed by atoms with Crippen molar-refractivity contribution >= 4 is 11.9 Å². The molecule has 1 saturated heterocycles. The number of amides is 1. The molecule has 1 amide bonds. The van der Waals surface area contributed by atoms with Crippen LogP contribution < -0.4 is 9.47 Å². The van der Waals surface area contributed by atoms with E-state index in [0.717, 1.165) is 0 Å². The average Bonchev–Trinajstić information content (AvgIpc) is 2.57. The van der Waals surface area contributed by atoms with Crippen LogP contribution in [-0.2, 0) is 16.0 Å². The van der Waals surface area contributed by atoms with Crippen molar-refractivity contribution < 1.29 is 28.2 Å². The number of nitrogens with zero attached hydrogens (tertiary/aromatic N) is 1. The number of esters is 1. The standard InChI is InChI=1S/C17H22FNO5/c1-22-14-10-12(9-11(5-4-7-18)15(14)23-2)16(20)19-8-6-13(19)17(21)24-3/h9-10,13H,4-8H2,1-3H3. The maximum atomic E-state index is 12.7. The zero-order chi connectivity index (χ0) is 17.7. The molecule has 0 aliphatic carbocycles. The van der Waals surface area contributed by atoms with Crippen molar-refractivity contribution in [3.05, 3.63) is 23.3 Å². The van der Waals surface area contributed by atoms with Crippen LogP contribution in [0.1, 0.15) is 28.8 Å². The summed E-state index contributed by atoms with van der Waals surface area (Å²) in [7, 11) is 4.28. The first kappa shape index (κ1) is 18.0. The van der Waals surface area contributed by atoms with Gasteiger partial charge < -0.3 is 19.1 Å². The van der Waals surface area contributed by atoms with Gasteiger partial charge in [-0.3, -0.25) is 9.18 Å². The molecule has 0 saturated carbocycles. The number of halogens is 1. The van der Waals surface area contributed by atoms with Crippen LogP contribution in [0.15, 0.2) is 12.1 Å². The van der Waals surface area contributed by atoms with Gasteiger partial charge in [-0.15, -0.1) is 0 Å². The van der Waals surface area contributed by atoms with Crippen LogP contribution in [0.3, 0.4) is 0 Å². The SMILES string of the molecule is COC(=O)C1CCN1C(=O)c1cc(CCCF)c(OC)c(OC)c1. The summed E-state index contributed by atoms with van der Waals surface area (Å²) in [6.07, 6.45) is 1.34. The van der Waals surface area contributed by atoms with Gasteiger partial charge in [-0.05, 0) is 37.0 Å². The van der Waals surface area contributed by atoms with Crippen molar-refractivity contribution in [2.24, 2.45) is 0 Å². The van der Waals surface area contributed by atoms with Crippen molar-refractivity contribution in [1.29, 1.82) is 0 Å². The van der Waals surface area contributed by atoms with E-state index in [0.29, 0.717) is 48.4 Å². The molecular formula is C17H22FNO5. The van der Waals surface area contributed by atoms with E-state index < -0.39 is 18.7 Å². The number of ether oxygens (including phenoxy) is 3. The fourth-order valence-corrected chi connectivity index (χ4v) is 2.79. The van der Waals surface area contributed by atoms with Gasteiger partial charge in [0.15, 0.2) is 11.5 Å². The van der Waals surface area contributed by atoms with Gasteiger partial charge in [-0.1, -0.05) is 0 Å². The molecule has 2 rings (SSSR count). The van der Waals surface area contributed by atoms with Gasteiger partial charge in [-0.2, -0.15) is 0 Å². The predicted molar refractivity (Wildman–Crippen MR) is 85.3 cm³/mol. The fraction of sp³-hybridized carbons (Fsp3) is 0.529. The first-order valence-electron chi connectivity index (χ1n) is 7.77. The fourth-order valence-electron chi connectivity index (χ4n) is 2.79. The molecule has 7 heteroatoms. The summed E-state index contributed by atoms with van der Waals surface area (Å²) in [4.78, 5) is 25.8. The Bertz CT molecular complexity index is 619. The minimum absolute atomic E-state index is 0.279. The lowest BCUT2D eigenvalue weighted by Crippen LogP contribution is -2.55. The summed E-state index contributed by atoms with van der Waals surface area (Å²) in [6, 6.07) is 2.70. The third-order valence-electron chi connectivity index (χ3n) is 4.14. The highest BCUT2D eigenvalue weighted by Crippen LogP contribution is 2.34. The molecular weight excluding hydrogens is 317 g/mol. The zero-order valence-electron chi connectivity index (χ0n) is 14.1. The van der Waals surface area contributed by atoms with E-state index in [1.165, 1.54) is 26.2 Å². The van der Waals surface area contributed by atoms with Gasteiger partial charge in [0.2, 0.25) is 0 Å². The van der Waals surface area contributed by atoms with Crippen LogP contribution in [0.25, 0.3) is 0 Å². The minimum Gasteiger partial charge on any atom is -0.493 e. The van der Waals surface area contributed by atoms with Gasteiger partial charge in [0.05, 0.1) is 28.0 Å². The molecule has 1 fully saturated rings. The molecule has 1 aromatic rings. The highest BCUT2D eigenvalue weighted by Gasteiger charge is 2.39. The smallest absolute Gasteiger partial charge is 0.328 e. The number of alkyl halides is 1. The number of aryl methyl sites for hydroxylation is 1. The van der Waals surface area contributed by atoms with E-state index in [2.05, 4.69) is 0 Å². The largest absolute Gasteiger partial charge is 0.493 e.